The van der Waals surface area contributed by atoms with Crippen molar-refractivity contribution in [2.75, 3.05) is 26.3 Å². The van der Waals surface area contributed by atoms with Gasteiger partial charge >= 0.3 is 0 Å². The van der Waals surface area contributed by atoms with Crippen molar-refractivity contribution in [3.8, 4) is 36.0 Å². The number of rotatable bonds is 1. The molecule has 0 amide bonds. The number of terminal acetylenes is 1. The minimum Gasteiger partial charge on any atom is -0.379 e. The molecule has 0 aromatic carbocycles. The van der Waals surface area contributed by atoms with Crippen LogP contribution in [-0.4, -0.2) is 37.2 Å². The van der Waals surface area contributed by atoms with E-state index in [2.05, 4.69) is 53.9 Å². The molecule has 0 saturated carbocycles. The molecule has 1 aliphatic heterocycles. The van der Waals surface area contributed by atoms with Crippen LogP contribution >= 0.6 is 0 Å². The highest BCUT2D eigenvalue weighted by Gasteiger charge is 2.11. The Hall–Kier alpha value is -1.80. The maximum atomic E-state index is 7.50. The molecule has 1 rings (SSSR count). The molecule has 0 aliphatic carbocycles. The maximum absolute atomic E-state index is 7.50. The quantitative estimate of drug-likeness (QED) is 0.582. The first-order valence-electron chi connectivity index (χ1n) is 5.62. The summed E-state index contributed by atoms with van der Waals surface area (Å²) < 4.78 is 5.21. The Balaban J connectivity index is -0.0000000266. The van der Waals surface area contributed by atoms with Gasteiger partial charge in [-0.2, -0.15) is 4.91 Å². The molecule has 4 nitrogen and oxygen atoms in total. The molecule has 18 heavy (non-hydrogen) atoms. The highest BCUT2D eigenvalue weighted by Crippen LogP contribution is 2.01. The summed E-state index contributed by atoms with van der Waals surface area (Å²) >= 11 is 0. The summed E-state index contributed by atoms with van der Waals surface area (Å²) in [7, 11) is 0. The summed E-state index contributed by atoms with van der Waals surface area (Å²) in [6, 6.07) is 0.689. The molecule has 0 bridgehead atoms. The standard InChI is InChI=1S/C7H15NO.C7H4.HNO.6H2/c1-7(2)8-3-5-9-6-4-8;1-3-5-7-6-4-2;1-2;;;;;;/h7H,3-6H2,1-2H3;1H,2H3;1H;6*1H. The van der Waals surface area contributed by atoms with E-state index in [4.69, 9.17) is 16.1 Å². The van der Waals surface area contributed by atoms with E-state index in [0.717, 1.165) is 26.3 Å². The van der Waals surface area contributed by atoms with Gasteiger partial charge in [0.1, 0.15) is 0 Å². The Morgan fingerprint density at radius 1 is 1.22 bits per heavy atom. The summed E-state index contributed by atoms with van der Waals surface area (Å²) in [4.78, 5) is 9.93. The van der Waals surface area contributed by atoms with E-state index in [-0.39, 0.29) is 8.56 Å². The molecular formula is C14H32N2O2. The van der Waals surface area contributed by atoms with Gasteiger partial charge in [-0.25, -0.2) is 0 Å². The van der Waals surface area contributed by atoms with Crippen LogP contribution in [0.5, 0.6) is 0 Å². The third kappa shape index (κ3) is 12.3. The maximum Gasteiger partial charge on any atom is 0.0594 e. The van der Waals surface area contributed by atoms with E-state index in [1.165, 1.54) is 0 Å². The molecule has 0 atom stereocenters. The van der Waals surface area contributed by atoms with Crippen LogP contribution in [0.3, 0.4) is 0 Å². The van der Waals surface area contributed by atoms with Crippen molar-refractivity contribution >= 4 is 0 Å². The molecule has 1 aliphatic rings. The van der Waals surface area contributed by atoms with Crippen LogP contribution in [0, 0.1) is 46.5 Å². The van der Waals surface area contributed by atoms with Crippen molar-refractivity contribution < 1.29 is 13.3 Å². The molecule has 110 valence electrons. The van der Waals surface area contributed by atoms with Gasteiger partial charge in [0, 0.05) is 27.7 Å². The lowest BCUT2D eigenvalue weighted by atomic mass is 10.3. The van der Waals surface area contributed by atoms with Crippen molar-refractivity contribution in [3.63, 3.8) is 0 Å². The molecule has 1 fully saturated rings. The van der Waals surface area contributed by atoms with Crippen LogP contribution in [0.4, 0.5) is 0 Å². The van der Waals surface area contributed by atoms with E-state index in [0.29, 0.717) is 6.04 Å². The van der Waals surface area contributed by atoms with Gasteiger partial charge < -0.3 is 4.74 Å². The SMILES string of the molecule is C#CC#CC#CC.CC(C)N1CCOCC1.N=O.[HH].[HH].[HH].[HH].[HH].[HH]. The zero-order chi connectivity index (χ0) is 14.2. The van der Waals surface area contributed by atoms with Crippen molar-refractivity contribution in [2.24, 2.45) is 0 Å². The average molecular weight is 260 g/mol. The second-order valence-corrected chi connectivity index (χ2v) is 3.51. The highest BCUT2D eigenvalue weighted by atomic mass is 16.5. The summed E-state index contributed by atoms with van der Waals surface area (Å²) in [5.74, 6) is 12.0. The number of hydrogen-bond donors (Lipinski definition) is 1. The van der Waals surface area contributed by atoms with Crippen molar-refractivity contribution in [1.82, 2.24) is 4.90 Å². The largest absolute Gasteiger partial charge is 0.379 e. The molecule has 0 radical (unpaired) electrons. The van der Waals surface area contributed by atoms with Gasteiger partial charge in [-0.05, 0) is 44.5 Å². The van der Waals surface area contributed by atoms with E-state index >= 15 is 0 Å². The predicted molar refractivity (Wildman–Crippen MR) is 86.4 cm³/mol. The fourth-order valence-corrected chi connectivity index (χ4v) is 1.22. The van der Waals surface area contributed by atoms with Gasteiger partial charge in [0.05, 0.1) is 13.2 Å². The normalized spacial score (nSPS) is 13.1. The topological polar surface area (TPSA) is 53.4 Å². The monoisotopic (exact) mass is 260 g/mol. The van der Waals surface area contributed by atoms with Gasteiger partial charge in [0.2, 0.25) is 0 Å². The van der Waals surface area contributed by atoms with Gasteiger partial charge in [-0.15, -0.1) is 6.42 Å². The van der Waals surface area contributed by atoms with Crippen molar-refractivity contribution in [2.45, 2.75) is 26.8 Å². The van der Waals surface area contributed by atoms with Gasteiger partial charge in [0.25, 0.3) is 0 Å². The first kappa shape index (κ1) is 18.6. The van der Waals surface area contributed by atoms with E-state index in [9.17, 15) is 0 Å². The second-order valence-electron chi connectivity index (χ2n) is 3.51. The zero-order valence-electron chi connectivity index (χ0n) is 11.2. The summed E-state index contributed by atoms with van der Waals surface area (Å²) in [6.45, 7) is 10.2. The molecule has 1 heterocycles. The van der Waals surface area contributed by atoms with Crippen LogP contribution in [0.15, 0.2) is 0 Å². The molecule has 0 unspecified atom stereocenters. The van der Waals surface area contributed by atoms with Crippen LogP contribution in [0.25, 0.3) is 0 Å². The van der Waals surface area contributed by atoms with E-state index < -0.39 is 0 Å². The van der Waals surface area contributed by atoms with Crippen LogP contribution in [-0.2, 0) is 4.74 Å². The fourth-order valence-electron chi connectivity index (χ4n) is 1.22. The number of ether oxygens (including phenoxy) is 1. The number of nitrogens with one attached hydrogen (secondary N) is 1. The first-order valence-corrected chi connectivity index (χ1v) is 5.62. The number of morpholine rings is 1. The van der Waals surface area contributed by atoms with Crippen LogP contribution < -0.4 is 0 Å². The minimum atomic E-state index is 0. The van der Waals surface area contributed by atoms with Gasteiger partial charge in [-0.3, -0.25) is 4.90 Å². The molecule has 1 saturated heterocycles. The Labute approximate surface area is 119 Å². The Kier molecular flexibility index (Phi) is 15.7. The van der Waals surface area contributed by atoms with Crippen LogP contribution in [0.1, 0.15) is 29.3 Å². The third-order valence-electron chi connectivity index (χ3n) is 2.10. The molecule has 0 aromatic heterocycles. The molecule has 1 N–H and O–H groups in total. The Morgan fingerprint density at radius 3 is 2.11 bits per heavy atom. The van der Waals surface area contributed by atoms with Crippen molar-refractivity contribution in [1.29, 1.82) is 5.59 Å². The lowest BCUT2D eigenvalue weighted by Gasteiger charge is -2.29. The number of nitroso groups, excluding NO2 is 1. The smallest absolute Gasteiger partial charge is 0.0594 e. The van der Waals surface area contributed by atoms with E-state index in [1.807, 2.05) is 0 Å². The number of nitrogens with zero attached hydrogens (tertiary/aromatic N) is 1. The average Bonchev–Trinajstić information content (AvgIpc) is 2.43. The van der Waals surface area contributed by atoms with Crippen molar-refractivity contribution in [3.05, 3.63) is 4.91 Å². The van der Waals surface area contributed by atoms with E-state index in [1.54, 1.807) is 6.92 Å². The highest BCUT2D eigenvalue weighted by molar-refractivity contribution is 5.33. The first-order chi connectivity index (χ1) is 8.72. The summed E-state index contributed by atoms with van der Waals surface area (Å²) in [6.07, 6.45) is 4.78. The second kappa shape index (κ2) is 15.2. The fraction of sp³-hybridized carbons (Fsp3) is 0.571. The Bertz CT molecular complexity index is 363. The summed E-state index contributed by atoms with van der Waals surface area (Å²) in [5.41, 5.74) is 4.50. The van der Waals surface area contributed by atoms with Crippen LogP contribution in [0.2, 0.25) is 0 Å². The lowest BCUT2D eigenvalue weighted by molar-refractivity contribution is 0.0238. The lowest BCUT2D eigenvalue weighted by Crippen LogP contribution is -2.40. The zero-order valence-corrected chi connectivity index (χ0v) is 11.2. The predicted octanol–water partition coefficient (Wildman–Crippen LogP) is 3.18. The summed E-state index contributed by atoms with van der Waals surface area (Å²) in [5, 5.41) is 0. The van der Waals surface area contributed by atoms with Gasteiger partial charge in [0.15, 0.2) is 0 Å². The third-order valence-corrected chi connectivity index (χ3v) is 2.10. The minimum absolute atomic E-state index is 0. The molecule has 0 aromatic rings. The number of hydrogen-bond acceptors (Lipinski definition) is 4. The molecular weight excluding hydrogens is 228 g/mol. The van der Waals surface area contributed by atoms with Gasteiger partial charge in [-0.1, -0.05) is 11.5 Å². The molecule has 0 spiro atoms. The Morgan fingerprint density at radius 2 is 1.78 bits per heavy atom. The molecule has 4 heteroatoms.